The summed E-state index contributed by atoms with van der Waals surface area (Å²) < 4.78 is 27.3. The first-order valence-corrected chi connectivity index (χ1v) is 12.0. The summed E-state index contributed by atoms with van der Waals surface area (Å²) in [6, 6.07) is 12.4. The summed E-state index contributed by atoms with van der Waals surface area (Å²) >= 11 is 1.33. The molecule has 1 atom stereocenters. The van der Waals surface area contributed by atoms with E-state index in [4.69, 9.17) is 0 Å². The molecule has 0 spiro atoms. The predicted octanol–water partition coefficient (Wildman–Crippen LogP) is 3.55. The minimum atomic E-state index is -3.62. The topological polar surface area (TPSA) is 92.3 Å². The van der Waals surface area contributed by atoms with Gasteiger partial charge in [0.05, 0.1) is 16.5 Å². The van der Waals surface area contributed by atoms with E-state index in [1.54, 1.807) is 30.5 Å². The standard InChI is InChI=1S/C21H22N4O3S2/c1-15-7-9-17(10-8-15)30(27,28)25-12-4-5-16(13-25)20(26)24-21-23-19(14-29-21)18-6-2-3-11-22-18/h2-3,6-11,14,16H,4-5,12-13H2,1H3,(H,23,24,26). The van der Waals surface area contributed by atoms with Crippen LogP contribution >= 0.6 is 11.3 Å². The summed E-state index contributed by atoms with van der Waals surface area (Å²) in [7, 11) is -3.62. The molecule has 0 bridgehead atoms. The van der Waals surface area contributed by atoms with Crippen LogP contribution in [0.5, 0.6) is 0 Å². The van der Waals surface area contributed by atoms with Crippen molar-refractivity contribution in [2.75, 3.05) is 18.4 Å². The zero-order chi connectivity index (χ0) is 21.1. The van der Waals surface area contributed by atoms with Crippen molar-refractivity contribution in [3.63, 3.8) is 0 Å². The fourth-order valence-electron chi connectivity index (χ4n) is 3.40. The van der Waals surface area contributed by atoms with E-state index in [9.17, 15) is 13.2 Å². The summed E-state index contributed by atoms with van der Waals surface area (Å²) in [4.78, 5) is 21.7. The molecule has 0 saturated carbocycles. The fraction of sp³-hybridized carbons (Fsp3) is 0.286. The highest BCUT2D eigenvalue weighted by atomic mass is 32.2. The minimum Gasteiger partial charge on any atom is -0.302 e. The van der Waals surface area contributed by atoms with Crippen LogP contribution in [0.1, 0.15) is 18.4 Å². The molecule has 1 aliphatic heterocycles. The van der Waals surface area contributed by atoms with E-state index in [1.807, 2.05) is 30.5 Å². The van der Waals surface area contributed by atoms with Crippen molar-refractivity contribution in [1.29, 1.82) is 0 Å². The van der Waals surface area contributed by atoms with Gasteiger partial charge in [0.25, 0.3) is 0 Å². The maximum absolute atomic E-state index is 13.0. The van der Waals surface area contributed by atoms with E-state index in [-0.39, 0.29) is 17.3 Å². The molecule has 9 heteroatoms. The molecule has 1 saturated heterocycles. The number of nitrogens with zero attached hydrogens (tertiary/aromatic N) is 3. The second-order valence-electron chi connectivity index (χ2n) is 7.26. The molecule has 2 aromatic heterocycles. The smallest absolute Gasteiger partial charge is 0.243 e. The van der Waals surface area contributed by atoms with Crippen LogP contribution in [0, 0.1) is 12.8 Å². The van der Waals surface area contributed by atoms with Crippen molar-refractivity contribution < 1.29 is 13.2 Å². The van der Waals surface area contributed by atoms with Gasteiger partial charge in [-0.15, -0.1) is 11.3 Å². The van der Waals surface area contributed by atoms with Crippen molar-refractivity contribution >= 4 is 32.4 Å². The van der Waals surface area contributed by atoms with E-state index >= 15 is 0 Å². The molecule has 4 rings (SSSR count). The normalized spacial score (nSPS) is 17.6. The second-order valence-corrected chi connectivity index (χ2v) is 10.1. The van der Waals surface area contributed by atoms with Gasteiger partial charge < -0.3 is 5.32 Å². The first kappa shape index (κ1) is 20.6. The van der Waals surface area contributed by atoms with Crippen molar-refractivity contribution in [3.05, 3.63) is 59.6 Å². The number of aryl methyl sites for hydroxylation is 1. The van der Waals surface area contributed by atoms with Crippen molar-refractivity contribution in [3.8, 4) is 11.4 Å². The average molecular weight is 443 g/mol. The summed E-state index contributed by atoms with van der Waals surface area (Å²) in [6.07, 6.45) is 2.97. The number of sulfonamides is 1. The molecule has 156 valence electrons. The van der Waals surface area contributed by atoms with Crippen molar-refractivity contribution in [1.82, 2.24) is 14.3 Å². The van der Waals surface area contributed by atoms with Crippen molar-refractivity contribution in [2.24, 2.45) is 5.92 Å². The molecule has 1 aromatic carbocycles. The SMILES string of the molecule is Cc1ccc(S(=O)(=O)N2CCCC(C(=O)Nc3nc(-c4ccccn4)cs3)C2)cc1. The van der Waals surface area contributed by atoms with Crippen LogP contribution in [0.3, 0.4) is 0 Å². The maximum Gasteiger partial charge on any atom is 0.243 e. The number of hydrogen-bond donors (Lipinski definition) is 1. The second kappa shape index (κ2) is 8.63. The maximum atomic E-state index is 13.0. The summed E-state index contributed by atoms with van der Waals surface area (Å²) in [5, 5.41) is 5.17. The van der Waals surface area contributed by atoms with E-state index in [0.717, 1.165) is 11.3 Å². The van der Waals surface area contributed by atoms with Gasteiger partial charge in [-0.05, 0) is 44.0 Å². The monoisotopic (exact) mass is 442 g/mol. The Labute approximate surface area is 179 Å². The van der Waals surface area contributed by atoms with E-state index < -0.39 is 15.9 Å². The van der Waals surface area contributed by atoms with E-state index in [1.165, 1.54) is 15.6 Å². The number of amides is 1. The highest BCUT2D eigenvalue weighted by molar-refractivity contribution is 7.89. The number of rotatable bonds is 5. The van der Waals surface area contributed by atoms with Gasteiger partial charge in [0.1, 0.15) is 5.69 Å². The third-order valence-electron chi connectivity index (χ3n) is 5.08. The number of nitrogens with one attached hydrogen (secondary N) is 1. The van der Waals surface area contributed by atoms with Gasteiger partial charge in [-0.1, -0.05) is 23.8 Å². The lowest BCUT2D eigenvalue weighted by atomic mass is 9.99. The number of thiazole rings is 1. The molecule has 7 nitrogen and oxygen atoms in total. The fourth-order valence-corrected chi connectivity index (χ4v) is 5.64. The summed E-state index contributed by atoms with van der Waals surface area (Å²) in [6.45, 7) is 2.50. The molecule has 3 aromatic rings. The zero-order valence-corrected chi connectivity index (χ0v) is 18.1. The molecular formula is C21H22N4O3S2. The molecule has 1 amide bonds. The Bertz CT molecular complexity index is 1130. The largest absolute Gasteiger partial charge is 0.302 e. The molecule has 1 aliphatic rings. The Morgan fingerprint density at radius 2 is 1.97 bits per heavy atom. The minimum absolute atomic E-state index is 0.167. The Balaban J connectivity index is 1.44. The molecule has 1 unspecified atom stereocenters. The quantitative estimate of drug-likeness (QED) is 0.652. The van der Waals surface area contributed by atoms with Gasteiger partial charge in [0.15, 0.2) is 5.13 Å². The van der Waals surface area contributed by atoms with E-state index in [0.29, 0.717) is 30.2 Å². The number of benzene rings is 1. The Morgan fingerprint density at radius 1 is 1.17 bits per heavy atom. The van der Waals surface area contributed by atoms with Gasteiger partial charge >= 0.3 is 0 Å². The molecule has 1 fully saturated rings. The highest BCUT2D eigenvalue weighted by Gasteiger charge is 2.33. The van der Waals surface area contributed by atoms with Crippen LogP contribution in [0.2, 0.25) is 0 Å². The van der Waals surface area contributed by atoms with Gasteiger partial charge in [-0.25, -0.2) is 13.4 Å². The van der Waals surface area contributed by atoms with Crippen LogP contribution in [0.25, 0.3) is 11.4 Å². The Hall–Kier alpha value is -2.62. The molecule has 30 heavy (non-hydrogen) atoms. The number of anilines is 1. The number of carbonyl (C=O) groups is 1. The molecule has 1 N–H and O–H groups in total. The highest BCUT2D eigenvalue weighted by Crippen LogP contribution is 2.27. The first-order chi connectivity index (χ1) is 14.4. The number of piperidine rings is 1. The number of pyridine rings is 1. The molecular weight excluding hydrogens is 420 g/mol. The van der Waals surface area contributed by atoms with Gasteiger partial charge in [-0.2, -0.15) is 4.31 Å². The summed E-state index contributed by atoms with van der Waals surface area (Å²) in [5.41, 5.74) is 2.43. The van der Waals surface area contributed by atoms with Crippen LogP contribution < -0.4 is 5.32 Å². The number of hydrogen-bond acceptors (Lipinski definition) is 6. The lowest BCUT2D eigenvalue weighted by molar-refractivity contribution is -0.120. The molecule has 0 radical (unpaired) electrons. The van der Waals surface area contributed by atoms with Crippen LogP contribution in [-0.2, 0) is 14.8 Å². The lowest BCUT2D eigenvalue weighted by Crippen LogP contribution is -2.43. The Kier molecular flexibility index (Phi) is 5.94. The summed E-state index contributed by atoms with van der Waals surface area (Å²) in [5.74, 6) is -0.623. The number of carbonyl (C=O) groups excluding carboxylic acids is 1. The average Bonchev–Trinajstić information content (AvgIpc) is 3.23. The third kappa shape index (κ3) is 4.43. The Morgan fingerprint density at radius 3 is 2.70 bits per heavy atom. The molecule has 0 aliphatic carbocycles. The zero-order valence-electron chi connectivity index (χ0n) is 16.5. The van der Waals surface area contributed by atoms with Gasteiger partial charge in [-0.3, -0.25) is 9.78 Å². The van der Waals surface area contributed by atoms with E-state index in [2.05, 4.69) is 15.3 Å². The van der Waals surface area contributed by atoms with Crippen LogP contribution in [0.15, 0.2) is 58.9 Å². The first-order valence-electron chi connectivity index (χ1n) is 9.68. The lowest BCUT2D eigenvalue weighted by Gasteiger charge is -2.31. The molecule has 3 heterocycles. The van der Waals surface area contributed by atoms with Crippen LogP contribution in [0.4, 0.5) is 5.13 Å². The number of aromatic nitrogens is 2. The van der Waals surface area contributed by atoms with Gasteiger partial charge in [0.2, 0.25) is 15.9 Å². The predicted molar refractivity (Wildman–Crippen MR) is 117 cm³/mol. The van der Waals surface area contributed by atoms with Crippen LogP contribution in [-0.4, -0.2) is 41.7 Å². The van der Waals surface area contributed by atoms with Crippen molar-refractivity contribution in [2.45, 2.75) is 24.7 Å². The van der Waals surface area contributed by atoms with Gasteiger partial charge in [0, 0.05) is 24.7 Å². The third-order valence-corrected chi connectivity index (χ3v) is 7.71.